The van der Waals surface area contributed by atoms with Crippen molar-refractivity contribution in [2.45, 2.75) is 16.7 Å². The smallest absolute Gasteiger partial charge is 0.243 e. The van der Waals surface area contributed by atoms with Crippen LogP contribution < -0.4 is 10.5 Å². The third-order valence-corrected chi connectivity index (χ3v) is 6.99. The largest absolute Gasteiger partial charge is 0.379 e. The number of nitrogens with zero attached hydrogens (tertiary/aromatic N) is 1. The number of ether oxygens (including phenoxy) is 1. The first kappa shape index (κ1) is 18.3. The predicted molar refractivity (Wildman–Crippen MR) is 85.0 cm³/mol. The third kappa shape index (κ3) is 4.08. The third-order valence-electron chi connectivity index (χ3n) is 3.49. The topological polar surface area (TPSA) is 119 Å². The Morgan fingerprint density at radius 1 is 1.22 bits per heavy atom. The van der Waals surface area contributed by atoms with Gasteiger partial charge in [0.25, 0.3) is 0 Å². The Morgan fingerprint density at radius 3 is 2.48 bits per heavy atom. The number of nitrogens with two attached hydrogens (primary N) is 1. The standard InChI is InChI=1S/C13H21N3O5S2/c1-11-2-3-12(22(17,18)15-5-4-14)10-13(11)23(19,20)16-6-8-21-9-7-16/h2-3,10,15H,4-9,14H2,1H3. The highest BCUT2D eigenvalue weighted by Crippen LogP contribution is 2.24. The van der Waals surface area contributed by atoms with E-state index in [2.05, 4.69) is 4.72 Å². The molecule has 1 aliphatic heterocycles. The lowest BCUT2D eigenvalue weighted by molar-refractivity contribution is 0.0730. The molecule has 130 valence electrons. The SMILES string of the molecule is Cc1ccc(S(=O)(=O)NCCN)cc1S(=O)(=O)N1CCOCC1. The molecule has 1 aromatic carbocycles. The second-order valence-corrected chi connectivity index (χ2v) is 8.80. The van der Waals surface area contributed by atoms with Gasteiger partial charge in [0.15, 0.2) is 0 Å². The number of rotatable bonds is 6. The van der Waals surface area contributed by atoms with E-state index < -0.39 is 20.0 Å². The monoisotopic (exact) mass is 363 g/mol. The minimum atomic E-state index is -3.79. The Bertz CT molecular complexity index is 756. The van der Waals surface area contributed by atoms with Gasteiger partial charge in [-0.15, -0.1) is 0 Å². The molecule has 0 bridgehead atoms. The zero-order valence-electron chi connectivity index (χ0n) is 12.9. The highest BCUT2D eigenvalue weighted by atomic mass is 32.2. The van der Waals surface area contributed by atoms with E-state index in [0.29, 0.717) is 18.8 Å². The molecule has 0 spiro atoms. The first-order chi connectivity index (χ1) is 10.8. The van der Waals surface area contributed by atoms with Crippen LogP contribution in [0.4, 0.5) is 0 Å². The summed E-state index contributed by atoms with van der Waals surface area (Å²) < 4.78 is 58.6. The number of hydrogen-bond acceptors (Lipinski definition) is 6. The average molecular weight is 363 g/mol. The highest BCUT2D eigenvalue weighted by Gasteiger charge is 2.29. The van der Waals surface area contributed by atoms with Gasteiger partial charge in [0, 0.05) is 26.2 Å². The van der Waals surface area contributed by atoms with Crippen molar-refractivity contribution in [2.24, 2.45) is 5.73 Å². The van der Waals surface area contributed by atoms with Gasteiger partial charge in [0.05, 0.1) is 23.0 Å². The van der Waals surface area contributed by atoms with Gasteiger partial charge in [-0.25, -0.2) is 21.6 Å². The fourth-order valence-electron chi connectivity index (χ4n) is 2.23. The van der Waals surface area contributed by atoms with Crippen LogP contribution in [0, 0.1) is 6.92 Å². The van der Waals surface area contributed by atoms with Crippen LogP contribution in [0.1, 0.15) is 5.56 Å². The van der Waals surface area contributed by atoms with E-state index in [4.69, 9.17) is 10.5 Å². The van der Waals surface area contributed by atoms with Crippen molar-refractivity contribution in [1.29, 1.82) is 0 Å². The van der Waals surface area contributed by atoms with Gasteiger partial charge in [-0.1, -0.05) is 6.07 Å². The van der Waals surface area contributed by atoms with E-state index in [1.165, 1.54) is 22.5 Å². The quantitative estimate of drug-likeness (QED) is 0.687. The number of aryl methyl sites for hydroxylation is 1. The number of benzene rings is 1. The maximum Gasteiger partial charge on any atom is 0.243 e. The summed E-state index contributed by atoms with van der Waals surface area (Å²) in [5.74, 6) is 0. The molecular weight excluding hydrogens is 342 g/mol. The fourth-order valence-corrected chi connectivity index (χ4v) is 5.03. The molecule has 1 fully saturated rings. The fraction of sp³-hybridized carbons (Fsp3) is 0.538. The van der Waals surface area contributed by atoms with Crippen LogP contribution in [-0.2, 0) is 24.8 Å². The summed E-state index contributed by atoms with van der Waals surface area (Å²) in [6.07, 6.45) is 0. The Labute approximate surface area is 136 Å². The van der Waals surface area contributed by atoms with Crippen LogP contribution in [0.5, 0.6) is 0 Å². The zero-order chi connectivity index (χ0) is 17.1. The van der Waals surface area contributed by atoms with Gasteiger partial charge in [0.1, 0.15) is 0 Å². The lowest BCUT2D eigenvalue weighted by atomic mass is 10.2. The minimum Gasteiger partial charge on any atom is -0.379 e. The lowest BCUT2D eigenvalue weighted by Gasteiger charge is -2.26. The molecule has 0 radical (unpaired) electrons. The number of hydrogen-bond donors (Lipinski definition) is 2. The van der Waals surface area contributed by atoms with Crippen LogP contribution in [0.2, 0.25) is 0 Å². The van der Waals surface area contributed by atoms with Crippen molar-refractivity contribution < 1.29 is 21.6 Å². The van der Waals surface area contributed by atoms with Crippen molar-refractivity contribution in [3.63, 3.8) is 0 Å². The first-order valence-electron chi connectivity index (χ1n) is 7.17. The Morgan fingerprint density at radius 2 is 1.87 bits per heavy atom. The molecule has 0 aromatic heterocycles. The van der Waals surface area contributed by atoms with Gasteiger partial charge in [-0.05, 0) is 24.6 Å². The van der Waals surface area contributed by atoms with Crippen molar-refractivity contribution in [2.75, 3.05) is 39.4 Å². The zero-order valence-corrected chi connectivity index (χ0v) is 14.5. The first-order valence-corrected chi connectivity index (χ1v) is 10.1. The average Bonchev–Trinajstić information content (AvgIpc) is 2.54. The highest BCUT2D eigenvalue weighted by molar-refractivity contribution is 7.90. The second-order valence-electron chi connectivity index (χ2n) is 5.13. The number of nitrogens with one attached hydrogen (secondary N) is 1. The van der Waals surface area contributed by atoms with E-state index in [9.17, 15) is 16.8 Å². The van der Waals surface area contributed by atoms with Crippen LogP contribution in [0.15, 0.2) is 28.0 Å². The van der Waals surface area contributed by atoms with Gasteiger partial charge >= 0.3 is 0 Å². The minimum absolute atomic E-state index is 0.00461. The molecular formula is C13H21N3O5S2. The molecule has 0 atom stereocenters. The maximum atomic E-state index is 12.7. The van der Waals surface area contributed by atoms with Crippen LogP contribution >= 0.6 is 0 Å². The van der Waals surface area contributed by atoms with Crippen LogP contribution in [0.25, 0.3) is 0 Å². The molecule has 1 saturated heterocycles. The molecule has 3 N–H and O–H groups in total. The summed E-state index contributed by atoms with van der Waals surface area (Å²) in [6, 6.07) is 4.07. The van der Waals surface area contributed by atoms with Crippen molar-refractivity contribution >= 4 is 20.0 Å². The summed E-state index contributed by atoms with van der Waals surface area (Å²) in [5, 5.41) is 0. The van der Waals surface area contributed by atoms with E-state index >= 15 is 0 Å². The van der Waals surface area contributed by atoms with Crippen LogP contribution in [0.3, 0.4) is 0 Å². The molecule has 10 heteroatoms. The normalized spacial score (nSPS) is 17.3. The van der Waals surface area contributed by atoms with Gasteiger partial charge in [-0.3, -0.25) is 0 Å². The van der Waals surface area contributed by atoms with Gasteiger partial charge < -0.3 is 10.5 Å². The molecule has 0 saturated carbocycles. The lowest BCUT2D eigenvalue weighted by Crippen LogP contribution is -2.41. The molecule has 1 aromatic rings. The summed E-state index contributed by atoms with van der Waals surface area (Å²) in [7, 11) is -7.55. The predicted octanol–water partition coefficient (Wildman–Crippen LogP) is -0.747. The van der Waals surface area contributed by atoms with Gasteiger partial charge in [-0.2, -0.15) is 4.31 Å². The van der Waals surface area contributed by atoms with E-state index in [-0.39, 0.29) is 36.0 Å². The van der Waals surface area contributed by atoms with Crippen LogP contribution in [-0.4, -0.2) is 60.5 Å². The summed E-state index contributed by atoms with van der Waals surface area (Å²) in [4.78, 5) is -0.0987. The molecule has 0 amide bonds. The number of sulfonamides is 2. The molecule has 1 heterocycles. The Balaban J connectivity index is 2.41. The number of morpholine rings is 1. The molecule has 23 heavy (non-hydrogen) atoms. The Hall–Kier alpha value is -1.04. The molecule has 1 aliphatic rings. The van der Waals surface area contributed by atoms with Crippen molar-refractivity contribution in [3.8, 4) is 0 Å². The molecule has 8 nitrogen and oxygen atoms in total. The summed E-state index contributed by atoms with van der Waals surface area (Å²) in [6.45, 7) is 3.04. The van der Waals surface area contributed by atoms with Crippen molar-refractivity contribution in [3.05, 3.63) is 23.8 Å². The summed E-state index contributed by atoms with van der Waals surface area (Å²) >= 11 is 0. The van der Waals surface area contributed by atoms with Gasteiger partial charge in [0.2, 0.25) is 20.0 Å². The van der Waals surface area contributed by atoms with Crippen molar-refractivity contribution in [1.82, 2.24) is 9.03 Å². The second kappa shape index (κ2) is 7.24. The Kier molecular flexibility index (Phi) is 5.76. The molecule has 0 aliphatic carbocycles. The summed E-state index contributed by atoms with van der Waals surface area (Å²) in [5.41, 5.74) is 5.79. The maximum absolute atomic E-state index is 12.7. The molecule has 0 unspecified atom stereocenters. The van der Waals surface area contributed by atoms with E-state index in [1.54, 1.807) is 6.92 Å². The molecule has 2 rings (SSSR count). The van der Waals surface area contributed by atoms with E-state index in [1.807, 2.05) is 0 Å². The van der Waals surface area contributed by atoms with E-state index in [0.717, 1.165) is 0 Å².